The molecule has 0 heterocycles. The molecular weight excluding hydrogens is 263 g/mol. The van der Waals surface area contributed by atoms with Gasteiger partial charge in [0.25, 0.3) is 0 Å². The van der Waals surface area contributed by atoms with E-state index >= 15 is 0 Å². The largest absolute Gasteiger partial charge is 0.390 e. The van der Waals surface area contributed by atoms with Crippen molar-refractivity contribution < 1.29 is 14.2 Å². The van der Waals surface area contributed by atoms with Gasteiger partial charge in [0.1, 0.15) is 5.82 Å². The summed E-state index contributed by atoms with van der Waals surface area (Å²) in [5, 5.41) is 9.66. The zero-order valence-electron chi connectivity index (χ0n) is 8.71. The predicted molar refractivity (Wildman–Crippen MR) is 60.3 cm³/mol. The highest BCUT2D eigenvalue weighted by atomic mass is 79.9. The van der Waals surface area contributed by atoms with Crippen LogP contribution in [0.3, 0.4) is 0 Å². The summed E-state index contributed by atoms with van der Waals surface area (Å²) >= 11 is 3.18. The van der Waals surface area contributed by atoms with E-state index in [-0.39, 0.29) is 18.3 Å². The van der Waals surface area contributed by atoms with E-state index in [4.69, 9.17) is 4.74 Å². The van der Waals surface area contributed by atoms with Gasteiger partial charge in [0.2, 0.25) is 0 Å². The minimum Gasteiger partial charge on any atom is -0.390 e. The summed E-state index contributed by atoms with van der Waals surface area (Å²) in [6.45, 7) is 1.75. The molecule has 0 aliphatic rings. The third-order valence-corrected chi connectivity index (χ3v) is 2.85. The average molecular weight is 277 g/mol. The molecule has 0 fully saturated rings. The van der Waals surface area contributed by atoms with Gasteiger partial charge in [0.15, 0.2) is 0 Å². The minimum absolute atomic E-state index is 0.258. The average Bonchev–Trinajstić information content (AvgIpc) is 2.20. The van der Waals surface area contributed by atoms with Crippen molar-refractivity contribution in [3.05, 3.63) is 34.1 Å². The second-order valence-corrected chi connectivity index (χ2v) is 4.36. The molecule has 1 rings (SSSR count). The first-order valence-corrected chi connectivity index (χ1v) is 5.48. The summed E-state index contributed by atoms with van der Waals surface area (Å²) in [7, 11) is 1.52. The van der Waals surface area contributed by atoms with Crippen molar-refractivity contribution in [3.63, 3.8) is 0 Å². The first kappa shape index (κ1) is 12.6. The zero-order valence-corrected chi connectivity index (χ0v) is 10.3. The van der Waals surface area contributed by atoms with Crippen LogP contribution in [0.4, 0.5) is 4.39 Å². The van der Waals surface area contributed by atoms with Crippen LogP contribution < -0.4 is 0 Å². The molecule has 1 aromatic carbocycles. The topological polar surface area (TPSA) is 29.5 Å². The number of aliphatic hydroxyl groups excluding tert-OH is 1. The van der Waals surface area contributed by atoms with Gasteiger partial charge in [0.05, 0.1) is 12.2 Å². The third-order valence-electron chi connectivity index (χ3n) is 2.36. The molecule has 2 atom stereocenters. The van der Waals surface area contributed by atoms with Gasteiger partial charge >= 0.3 is 0 Å². The molecule has 0 aliphatic heterocycles. The SMILES string of the molecule is COC(C)C(O)Cc1ccc(Br)cc1F. The molecule has 0 aromatic heterocycles. The maximum atomic E-state index is 13.4. The first-order chi connectivity index (χ1) is 7.04. The van der Waals surface area contributed by atoms with Crippen molar-refractivity contribution in [3.8, 4) is 0 Å². The quantitative estimate of drug-likeness (QED) is 0.916. The molecule has 0 aliphatic carbocycles. The minimum atomic E-state index is -0.689. The van der Waals surface area contributed by atoms with Crippen LogP contribution in [0.25, 0.3) is 0 Å². The third kappa shape index (κ3) is 3.55. The standard InChI is InChI=1S/C11H14BrFO2/c1-7(15-2)11(14)5-8-3-4-9(12)6-10(8)13/h3-4,6-7,11,14H,5H2,1-2H3. The van der Waals surface area contributed by atoms with E-state index < -0.39 is 6.10 Å². The van der Waals surface area contributed by atoms with Crippen LogP contribution in [0.2, 0.25) is 0 Å². The van der Waals surface area contributed by atoms with E-state index in [2.05, 4.69) is 15.9 Å². The van der Waals surface area contributed by atoms with Crippen molar-refractivity contribution in [2.45, 2.75) is 25.6 Å². The number of halogens is 2. The fourth-order valence-corrected chi connectivity index (χ4v) is 1.57. The van der Waals surface area contributed by atoms with E-state index in [0.717, 1.165) is 0 Å². The van der Waals surface area contributed by atoms with E-state index in [9.17, 15) is 9.50 Å². The highest BCUT2D eigenvalue weighted by Gasteiger charge is 2.15. The Kier molecular flexibility index (Phi) is 4.70. The normalized spacial score (nSPS) is 15.0. The molecule has 15 heavy (non-hydrogen) atoms. The lowest BCUT2D eigenvalue weighted by atomic mass is 10.0. The van der Waals surface area contributed by atoms with Crippen molar-refractivity contribution in [2.75, 3.05) is 7.11 Å². The van der Waals surface area contributed by atoms with Gasteiger partial charge in [-0.05, 0) is 24.6 Å². The lowest BCUT2D eigenvalue weighted by Gasteiger charge is -2.17. The van der Waals surface area contributed by atoms with Crippen LogP contribution in [-0.2, 0) is 11.2 Å². The van der Waals surface area contributed by atoms with Crippen LogP contribution in [0.15, 0.2) is 22.7 Å². The lowest BCUT2D eigenvalue weighted by molar-refractivity contribution is 0.0000429. The Bertz CT molecular complexity index is 330. The fraction of sp³-hybridized carbons (Fsp3) is 0.455. The maximum absolute atomic E-state index is 13.4. The van der Waals surface area contributed by atoms with Crippen molar-refractivity contribution in [1.82, 2.24) is 0 Å². The molecule has 0 spiro atoms. The molecule has 0 saturated carbocycles. The number of aliphatic hydroxyl groups is 1. The Morgan fingerprint density at radius 2 is 2.20 bits per heavy atom. The van der Waals surface area contributed by atoms with Crippen molar-refractivity contribution in [2.24, 2.45) is 0 Å². The van der Waals surface area contributed by atoms with Gasteiger partial charge in [-0.25, -0.2) is 4.39 Å². The number of rotatable bonds is 4. The van der Waals surface area contributed by atoms with Crippen molar-refractivity contribution in [1.29, 1.82) is 0 Å². The molecule has 2 unspecified atom stereocenters. The molecule has 0 radical (unpaired) electrons. The van der Waals surface area contributed by atoms with Gasteiger partial charge in [-0.15, -0.1) is 0 Å². The summed E-state index contributed by atoms with van der Waals surface area (Å²) < 4.78 is 19.1. The number of methoxy groups -OCH3 is 1. The predicted octanol–water partition coefficient (Wildman–Crippen LogP) is 2.53. The molecule has 1 N–H and O–H groups in total. The highest BCUT2D eigenvalue weighted by Crippen LogP contribution is 2.17. The summed E-state index contributed by atoms with van der Waals surface area (Å²) in [4.78, 5) is 0. The molecule has 2 nitrogen and oxygen atoms in total. The Labute approximate surface area is 97.2 Å². The van der Waals surface area contributed by atoms with E-state index in [1.54, 1.807) is 19.1 Å². The Hall–Kier alpha value is -0.450. The summed E-state index contributed by atoms with van der Waals surface area (Å²) in [6, 6.07) is 4.80. The van der Waals surface area contributed by atoms with Crippen LogP contribution in [0.5, 0.6) is 0 Å². The Morgan fingerprint density at radius 3 is 2.73 bits per heavy atom. The second kappa shape index (κ2) is 5.58. The number of ether oxygens (including phenoxy) is 1. The van der Waals surface area contributed by atoms with E-state index in [1.807, 2.05) is 0 Å². The molecule has 4 heteroatoms. The second-order valence-electron chi connectivity index (χ2n) is 3.45. The number of benzene rings is 1. The number of hydrogen-bond donors (Lipinski definition) is 1. The molecule has 1 aromatic rings. The molecule has 84 valence electrons. The van der Waals surface area contributed by atoms with E-state index in [1.165, 1.54) is 13.2 Å². The van der Waals surface area contributed by atoms with Gasteiger partial charge in [-0.2, -0.15) is 0 Å². The maximum Gasteiger partial charge on any atom is 0.127 e. The van der Waals surface area contributed by atoms with E-state index in [0.29, 0.717) is 10.0 Å². The smallest absolute Gasteiger partial charge is 0.127 e. The van der Waals surface area contributed by atoms with Gasteiger partial charge in [0, 0.05) is 18.0 Å². The van der Waals surface area contributed by atoms with Crippen LogP contribution in [0.1, 0.15) is 12.5 Å². The van der Waals surface area contributed by atoms with Gasteiger partial charge in [-0.3, -0.25) is 0 Å². The number of hydrogen-bond acceptors (Lipinski definition) is 2. The first-order valence-electron chi connectivity index (χ1n) is 4.69. The lowest BCUT2D eigenvalue weighted by Crippen LogP contribution is -2.27. The molecule has 0 amide bonds. The Morgan fingerprint density at radius 1 is 1.53 bits per heavy atom. The fourth-order valence-electron chi connectivity index (χ4n) is 1.24. The monoisotopic (exact) mass is 276 g/mol. The van der Waals surface area contributed by atoms with Crippen LogP contribution >= 0.6 is 15.9 Å². The van der Waals surface area contributed by atoms with Crippen molar-refractivity contribution >= 4 is 15.9 Å². The highest BCUT2D eigenvalue weighted by molar-refractivity contribution is 9.10. The summed E-state index contributed by atoms with van der Waals surface area (Å²) in [6.07, 6.45) is -0.729. The van der Waals surface area contributed by atoms with Gasteiger partial charge in [-0.1, -0.05) is 22.0 Å². The van der Waals surface area contributed by atoms with Crippen LogP contribution in [0, 0.1) is 5.82 Å². The molecule has 0 saturated heterocycles. The Balaban J connectivity index is 2.72. The summed E-state index contributed by atoms with van der Waals surface area (Å²) in [5.41, 5.74) is 0.495. The molecule has 0 bridgehead atoms. The van der Waals surface area contributed by atoms with Crippen LogP contribution in [-0.4, -0.2) is 24.4 Å². The molecular formula is C11H14BrFO2. The summed E-state index contributed by atoms with van der Waals surface area (Å²) in [5.74, 6) is -0.313. The zero-order chi connectivity index (χ0) is 11.4. The van der Waals surface area contributed by atoms with Gasteiger partial charge < -0.3 is 9.84 Å².